The molecule has 0 aromatic rings. The Kier molecular flexibility index (Phi) is 5.30. The van der Waals surface area contributed by atoms with Crippen molar-refractivity contribution in [3.63, 3.8) is 0 Å². The Morgan fingerprint density at radius 1 is 1.38 bits per heavy atom. The van der Waals surface area contributed by atoms with Crippen LogP contribution in [-0.2, 0) is 9.59 Å². The van der Waals surface area contributed by atoms with Gasteiger partial charge in [0, 0.05) is 13.0 Å². The van der Waals surface area contributed by atoms with E-state index in [2.05, 4.69) is 5.32 Å². The first-order chi connectivity index (χ1) is 5.99. The van der Waals surface area contributed by atoms with Crippen LogP contribution in [0.3, 0.4) is 0 Å². The Hall–Kier alpha value is -0.900. The molecule has 0 unspecified atom stereocenters. The van der Waals surface area contributed by atoms with Gasteiger partial charge in [-0.2, -0.15) is 0 Å². The zero-order valence-electron chi connectivity index (χ0n) is 8.76. The standard InChI is InChI=1S/C9H18N2O2/c1-7(2)8(12)6-11(4)9(13)5-10-3/h7,10H,5-6H2,1-4H3. The molecule has 0 fully saturated rings. The van der Waals surface area contributed by atoms with Gasteiger partial charge < -0.3 is 10.2 Å². The average molecular weight is 186 g/mol. The van der Waals surface area contributed by atoms with Crippen molar-refractivity contribution in [1.29, 1.82) is 0 Å². The molecule has 0 aliphatic rings. The number of likely N-dealkylation sites (N-methyl/N-ethyl adjacent to an activating group) is 2. The number of hydrogen-bond acceptors (Lipinski definition) is 3. The number of nitrogens with zero attached hydrogens (tertiary/aromatic N) is 1. The van der Waals surface area contributed by atoms with Crippen LogP contribution in [0.5, 0.6) is 0 Å². The summed E-state index contributed by atoms with van der Waals surface area (Å²) in [5, 5.41) is 2.75. The Labute approximate surface area is 79.3 Å². The molecule has 13 heavy (non-hydrogen) atoms. The molecule has 0 aromatic heterocycles. The molecule has 0 saturated carbocycles. The van der Waals surface area contributed by atoms with E-state index in [4.69, 9.17) is 0 Å². The molecule has 0 aromatic carbocycles. The number of Topliss-reactive ketones (excluding diaryl/α,β-unsaturated/α-hetero) is 1. The fourth-order valence-electron chi connectivity index (χ4n) is 0.791. The van der Waals surface area contributed by atoms with Gasteiger partial charge in [0.1, 0.15) is 0 Å². The largest absolute Gasteiger partial charge is 0.337 e. The van der Waals surface area contributed by atoms with Crippen molar-refractivity contribution >= 4 is 11.7 Å². The Balaban J connectivity index is 3.92. The summed E-state index contributed by atoms with van der Waals surface area (Å²) in [6, 6.07) is 0. The minimum atomic E-state index is -0.0588. The zero-order chi connectivity index (χ0) is 10.4. The van der Waals surface area contributed by atoms with Crippen molar-refractivity contribution in [2.45, 2.75) is 13.8 Å². The lowest BCUT2D eigenvalue weighted by Gasteiger charge is -2.17. The van der Waals surface area contributed by atoms with Gasteiger partial charge in [-0.15, -0.1) is 0 Å². The topological polar surface area (TPSA) is 49.4 Å². The predicted octanol–water partition coefficient (Wildman–Crippen LogP) is -0.111. The fraction of sp³-hybridized carbons (Fsp3) is 0.778. The minimum Gasteiger partial charge on any atom is -0.337 e. The highest BCUT2D eigenvalue weighted by Crippen LogP contribution is 1.96. The highest BCUT2D eigenvalue weighted by Gasteiger charge is 2.13. The fourth-order valence-corrected chi connectivity index (χ4v) is 0.791. The summed E-state index contributed by atoms with van der Waals surface area (Å²) in [6.07, 6.45) is 0. The van der Waals surface area contributed by atoms with Gasteiger partial charge in [0.25, 0.3) is 0 Å². The molecule has 0 radical (unpaired) electrons. The van der Waals surface area contributed by atoms with Crippen LogP contribution in [0.4, 0.5) is 0 Å². The first-order valence-electron chi connectivity index (χ1n) is 4.40. The van der Waals surface area contributed by atoms with Crippen molar-refractivity contribution in [1.82, 2.24) is 10.2 Å². The molecule has 0 bridgehead atoms. The van der Waals surface area contributed by atoms with Crippen molar-refractivity contribution in [2.75, 3.05) is 27.2 Å². The lowest BCUT2D eigenvalue weighted by molar-refractivity contribution is -0.134. The molecule has 76 valence electrons. The van der Waals surface area contributed by atoms with E-state index in [9.17, 15) is 9.59 Å². The van der Waals surface area contributed by atoms with Gasteiger partial charge in [-0.05, 0) is 7.05 Å². The molecule has 0 atom stereocenters. The van der Waals surface area contributed by atoms with E-state index in [0.29, 0.717) is 0 Å². The quantitative estimate of drug-likeness (QED) is 0.651. The van der Waals surface area contributed by atoms with Gasteiger partial charge in [0.2, 0.25) is 5.91 Å². The van der Waals surface area contributed by atoms with Crippen LogP contribution in [0.1, 0.15) is 13.8 Å². The Bertz CT molecular complexity index is 190. The van der Waals surface area contributed by atoms with Gasteiger partial charge in [-0.25, -0.2) is 0 Å². The van der Waals surface area contributed by atoms with E-state index < -0.39 is 0 Å². The predicted molar refractivity (Wildman–Crippen MR) is 51.4 cm³/mol. The molecule has 0 spiro atoms. The minimum absolute atomic E-state index is 0.00941. The maximum absolute atomic E-state index is 11.2. The molecule has 0 aliphatic heterocycles. The molecule has 0 rings (SSSR count). The van der Waals surface area contributed by atoms with Crippen LogP contribution in [0, 0.1) is 5.92 Å². The maximum atomic E-state index is 11.2. The van der Waals surface area contributed by atoms with Gasteiger partial charge >= 0.3 is 0 Å². The first kappa shape index (κ1) is 12.1. The summed E-state index contributed by atoms with van der Waals surface area (Å²) in [5.74, 6) is 0.0216. The first-order valence-corrected chi connectivity index (χ1v) is 4.40. The second-order valence-electron chi connectivity index (χ2n) is 3.40. The SMILES string of the molecule is CNCC(=O)N(C)CC(=O)C(C)C. The van der Waals surface area contributed by atoms with Crippen LogP contribution in [0.2, 0.25) is 0 Å². The van der Waals surface area contributed by atoms with Crippen LogP contribution < -0.4 is 5.32 Å². The van der Waals surface area contributed by atoms with E-state index in [1.807, 2.05) is 13.8 Å². The lowest BCUT2D eigenvalue weighted by Crippen LogP contribution is -2.38. The van der Waals surface area contributed by atoms with Crippen molar-refractivity contribution in [3.05, 3.63) is 0 Å². The summed E-state index contributed by atoms with van der Waals surface area (Å²) >= 11 is 0. The molecule has 0 aliphatic carbocycles. The third-order valence-corrected chi connectivity index (χ3v) is 1.79. The summed E-state index contributed by atoms with van der Waals surface area (Å²) in [6.45, 7) is 4.15. The van der Waals surface area contributed by atoms with Gasteiger partial charge in [-0.3, -0.25) is 9.59 Å². The number of amides is 1. The van der Waals surface area contributed by atoms with Crippen molar-refractivity contribution in [3.8, 4) is 0 Å². The molecule has 4 heteroatoms. The number of nitrogens with one attached hydrogen (secondary N) is 1. The molecule has 0 heterocycles. The smallest absolute Gasteiger partial charge is 0.236 e. The van der Waals surface area contributed by atoms with E-state index in [-0.39, 0.29) is 30.7 Å². The van der Waals surface area contributed by atoms with E-state index >= 15 is 0 Å². The van der Waals surface area contributed by atoms with Gasteiger partial charge in [0.05, 0.1) is 13.1 Å². The Morgan fingerprint density at radius 3 is 2.31 bits per heavy atom. The molecule has 0 saturated heterocycles. The van der Waals surface area contributed by atoms with E-state index in [0.717, 1.165) is 0 Å². The number of hydrogen-bond donors (Lipinski definition) is 1. The van der Waals surface area contributed by atoms with Crippen molar-refractivity contribution in [2.24, 2.45) is 5.92 Å². The number of rotatable bonds is 5. The molecular weight excluding hydrogens is 168 g/mol. The summed E-state index contributed by atoms with van der Waals surface area (Å²) in [4.78, 5) is 23.9. The van der Waals surface area contributed by atoms with Gasteiger partial charge in [-0.1, -0.05) is 13.8 Å². The van der Waals surface area contributed by atoms with E-state index in [1.165, 1.54) is 4.90 Å². The number of carbonyl (C=O) groups is 2. The lowest BCUT2D eigenvalue weighted by atomic mass is 10.1. The number of ketones is 1. The third-order valence-electron chi connectivity index (χ3n) is 1.79. The van der Waals surface area contributed by atoms with Crippen molar-refractivity contribution < 1.29 is 9.59 Å². The summed E-state index contributed by atoms with van der Waals surface area (Å²) < 4.78 is 0. The average Bonchev–Trinajstić information content (AvgIpc) is 2.04. The molecule has 1 amide bonds. The zero-order valence-corrected chi connectivity index (χ0v) is 8.76. The molecular formula is C9H18N2O2. The monoisotopic (exact) mass is 186 g/mol. The summed E-state index contributed by atoms with van der Waals surface area (Å²) in [7, 11) is 3.34. The maximum Gasteiger partial charge on any atom is 0.236 e. The third kappa shape index (κ3) is 4.62. The summed E-state index contributed by atoms with van der Waals surface area (Å²) in [5.41, 5.74) is 0. The van der Waals surface area contributed by atoms with Crippen LogP contribution in [0.25, 0.3) is 0 Å². The van der Waals surface area contributed by atoms with Crippen LogP contribution >= 0.6 is 0 Å². The van der Waals surface area contributed by atoms with Gasteiger partial charge in [0.15, 0.2) is 5.78 Å². The normalized spacial score (nSPS) is 10.2. The number of carbonyl (C=O) groups excluding carboxylic acids is 2. The highest BCUT2D eigenvalue weighted by atomic mass is 16.2. The van der Waals surface area contributed by atoms with E-state index in [1.54, 1.807) is 14.1 Å². The Morgan fingerprint density at radius 2 is 1.92 bits per heavy atom. The molecule has 4 nitrogen and oxygen atoms in total. The van der Waals surface area contributed by atoms with Crippen LogP contribution in [-0.4, -0.2) is 43.8 Å². The van der Waals surface area contributed by atoms with Crippen LogP contribution in [0.15, 0.2) is 0 Å². The molecule has 1 N–H and O–H groups in total. The second-order valence-corrected chi connectivity index (χ2v) is 3.40. The second kappa shape index (κ2) is 5.70. The highest BCUT2D eigenvalue weighted by molar-refractivity contribution is 5.87.